The standard InChI is InChI=1S/C20H17ClN4O4/c1-20(13-6-8-14(21)9-7-13)18(26)25(19(27)23-20)11-16-22-17(24-29-16)12-4-3-5-15(10-12)28-2/h3-10H,11H2,1-2H3,(H,23,27)/t20-/m0/s1. The topological polar surface area (TPSA) is 97.6 Å². The van der Waals surface area contributed by atoms with E-state index in [1.165, 1.54) is 0 Å². The van der Waals surface area contributed by atoms with Crippen LogP contribution in [-0.4, -0.2) is 34.1 Å². The summed E-state index contributed by atoms with van der Waals surface area (Å²) in [4.78, 5) is 30.8. The number of nitrogens with zero attached hydrogens (tertiary/aromatic N) is 3. The fourth-order valence-corrected chi connectivity index (χ4v) is 3.28. The van der Waals surface area contributed by atoms with Crippen LogP contribution in [0.5, 0.6) is 5.75 Å². The monoisotopic (exact) mass is 412 g/mol. The maximum atomic E-state index is 13.0. The Hall–Kier alpha value is -3.39. The van der Waals surface area contributed by atoms with Gasteiger partial charge in [-0.05, 0) is 36.8 Å². The van der Waals surface area contributed by atoms with E-state index in [9.17, 15) is 9.59 Å². The average Bonchev–Trinajstić information content (AvgIpc) is 3.28. The Morgan fingerprint density at radius 3 is 2.69 bits per heavy atom. The minimum Gasteiger partial charge on any atom is -0.497 e. The molecule has 1 aliphatic rings. The molecular weight excluding hydrogens is 396 g/mol. The summed E-state index contributed by atoms with van der Waals surface area (Å²) in [6.45, 7) is 1.51. The van der Waals surface area contributed by atoms with Crippen LogP contribution >= 0.6 is 11.6 Å². The second-order valence-corrected chi connectivity index (χ2v) is 7.13. The highest BCUT2D eigenvalue weighted by atomic mass is 35.5. The van der Waals surface area contributed by atoms with Crippen molar-refractivity contribution in [1.82, 2.24) is 20.4 Å². The van der Waals surface area contributed by atoms with Gasteiger partial charge in [-0.3, -0.25) is 9.69 Å². The van der Waals surface area contributed by atoms with Crippen molar-refractivity contribution < 1.29 is 18.8 Å². The van der Waals surface area contributed by atoms with Crippen LogP contribution in [0.4, 0.5) is 4.79 Å². The molecule has 0 radical (unpaired) electrons. The molecule has 2 heterocycles. The number of halogens is 1. The van der Waals surface area contributed by atoms with Crippen LogP contribution in [0.1, 0.15) is 18.4 Å². The van der Waals surface area contributed by atoms with Gasteiger partial charge in [-0.2, -0.15) is 4.98 Å². The second kappa shape index (κ2) is 7.21. The smallest absolute Gasteiger partial charge is 0.325 e. The van der Waals surface area contributed by atoms with Crippen molar-refractivity contribution in [1.29, 1.82) is 0 Å². The van der Waals surface area contributed by atoms with Gasteiger partial charge in [-0.25, -0.2) is 4.79 Å². The summed E-state index contributed by atoms with van der Waals surface area (Å²) in [6.07, 6.45) is 0. The summed E-state index contributed by atoms with van der Waals surface area (Å²) in [5.41, 5.74) is 0.130. The van der Waals surface area contributed by atoms with Gasteiger partial charge in [-0.1, -0.05) is 41.0 Å². The zero-order chi connectivity index (χ0) is 20.6. The van der Waals surface area contributed by atoms with E-state index >= 15 is 0 Å². The predicted octanol–water partition coefficient (Wildman–Crippen LogP) is 3.37. The first-order chi connectivity index (χ1) is 13.9. The van der Waals surface area contributed by atoms with Gasteiger partial charge in [0, 0.05) is 10.6 Å². The van der Waals surface area contributed by atoms with E-state index in [1.54, 1.807) is 56.5 Å². The fraction of sp³-hybridized carbons (Fsp3) is 0.200. The third-order valence-corrected chi connectivity index (χ3v) is 5.04. The van der Waals surface area contributed by atoms with Crippen LogP contribution in [0.3, 0.4) is 0 Å². The Morgan fingerprint density at radius 2 is 1.97 bits per heavy atom. The molecule has 2 aromatic carbocycles. The zero-order valence-electron chi connectivity index (χ0n) is 15.7. The van der Waals surface area contributed by atoms with Gasteiger partial charge in [0.15, 0.2) is 0 Å². The summed E-state index contributed by atoms with van der Waals surface area (Å²) in [5.74, 6) is 0.728. The van der Waals surface area contributed by atoms with Crippen LogP contribution in [-0.2, 0) is 16.9 Å². The largest absolute Gasteiger partial charge is 0.497 e. The first-order valence-electron chi connectivity index (χ1n) is 8.78. The Bertz CT molecular complexity index is 1080. The van der Waals surface area contributed by atoms with E-state index in [0.717, 1.165) is 4.90 Å². The van der Waals surface area contributed by atoms with Crippen molar-refractivity contribution >= 4 is 23.5 Å². The van der Waals surface area contributed by atoms with Crippen molar-refractivity contribution in [2.24, 2.45) is 0 Å². The molecule has 0 bridgehead atoms. The van der Waals surface area contributed by atoms with Crippen LogP contribution in [0.2, 0.25) is 5.02 Å². The molecule has 0 spiro atoms. The van der Waals surface area contributed by atoms with Crippen LogP contribution in [0, 0.1) is 0 Å². The number of carbonyl (C=O) groups is 2. The number of amides is 3. The number of hydrogen-bond donors (Lipinski definition) is 1. The molecule has 1 atom stereocenters. The van der Waals surface area contributed by atoms with E-state index in [1.807, 2.05) is 6.07 Å². The summed E-state index contributed by atoms with van der Waals surface area (Å²) in [7, 11) is 1.57. The number of carbonyl (C=O) groups excluding carboxylic acids is 2. The number of urea groups is 1. The molecule has 8 nitrogen and oxygen atoms in total. The van der Waals surface area contributed by atoms with Gasteiger partial charge in [0.25, 0.3) is 5.91 Å². The van der Waals surface area contributed by atoms with Gasteiger partial charge >= 0.3 is 6.03 Å². The Morgan fingerprint density at radius 1 is 1.21 bits per heavy atom. The number of rotatable bonds is 5. The molecule has 9 heteroatoms. The molecule has 1 fully saturated rings. The number of nitrogens with one attached hydrogen (secondary N) is 1. The minimum atomic E-state index is -1.20. The summed E-state index contributed by atoms with van der Waals surface area (Å²) >= 11 is 5.92. The first-order valence-corrected chi connectivity index (χ1v) is 9.15. The van der Waals surface area contributed by atoms with Crippen molar-refractivity contribution in [2.75, 3.05) is 7.11 Å². The van der Waals surface area contributed by atoms with Gasteiger partial charge < -0.3 is 14.6 Å². The molecule has 0 unspecified atom stereocenters. The van der Waals surface area contributed by atoms with E-state index in [2.05, 4.69) is 15.5 Å². The van der Waals surface area contributed by atoms with E-state index in [-0.39, 0.29) is 12.4 Å². The van der Waals surface area contributed by atoms with Gasteiger partial charge in [0.2, 0.25) is 11.7 Å². The molecule has 1 aromatic heterocycles. The number of methoxy groups -OCH3 is 1. The Labute approximate surface area is 171 Å². The van der Waals surface area contributed by atoms with Gasteiger partial charge in [-0.15, -0.1) is 0 Å². The molecule has 3 amide bonds. The molecule has 0 saturated carbocycles. The molecule has 3 aromatic rings. The lowest BCUT2D eigenvalue weighted by molar-refractivity contribution is -0.131. The van der Waals surface area contributed by atoms with Crippen molar-refractivity contribution in [2.45, 2.75) is 19.0 Å². The van der Waals surface area contributed by atoms with Crippen molar-refractivity contribution in [3.63, 3.8) is 0 Å². The molecule has 0 aliphatic carbocycles. The Balaban J connectivity index is 1.55. The molecule has 148 valence electrons. The van der Waals surface area contributed by atoms with Crippen LogP contribution in [0.25, 0.3) is 11.4 Å². The normalized spacial score (nSPS) is 18.8. The number of aromatic nitrogens is 2. The van der Waals surface area contributed by atoms with Gasteiger partial charge in [0.05, 0.1) is 7.11 Å². The fourth-order valence-electron chi connectivity index (χ4n) is 3.15. The highest BCUT2D eigenvalue weighted by molar-refractivity contribution is 6.30. The predicted molar refractivity (Wildman–Crippen MR) is 104 cm³/mol. The SMILES string of the molecule is COc1cccc(-c2noc(CN3C(=O)N[C@@](C)(c4ccc(Cl)cc4)C3=O)n2)c1. The molecule has 1 N–H and O–H groups in total. The van der Waals surface area contributed by atoms with Crippen LogP contribution in [0.15, 0.2) is 53.1 Å². The highest BCUT2D eigenvalue weighted by Crippen LogP contribution is 2.30. The number of hydrogen-bond acceptors (Lipinski definition) is 6. The lowest BCUT2D eigenvalue weighted by Gasteiger charge is -2.22. The average molecular weight is 413 g/mol. The van der Waals surface area contributed by atoms with Crippen molar-refractivity contribution in [3.8, 4) is 17.1 Å². The lowest BCUT2D eigenvalue weighted by Crippen LogP contribution is -2.40. The van der Waals surface area contributed by atoms with E-state index < -0.39 is 17.5 Å². The summed E-state index contributed by atoms with van der Waals surface area (Å²) in [5, 5.41) is 7.20. The van der Waals surface area contributed by atoms with Gasteiger partial charge in [0.1, 0.15) is 17.8 Å². The molecule has 1 aliphatic heterocycles. The summed E-state index contributed by atoms with van der Waals surface area (Å²) < 4.78 is 10.4. The number of imide groups is 1. The molecule has 1 saturated heterocycles. The Kier molecular flexibility index (Phi) is 4.71. The maximum absolute atomic E-state index is 13.0. The lowest BCUT2D eigenvalue weighted by atomic mass is 9.92. The maximum Gasteiger partial charge on any atom is 0.325 e. The third-order valence-electron chi connectivity index (χ3n) is 4.79. The van der Waals surface area contributed by atoms with E-state index in [0.29, 0.717) is 27.7 Å². The minimum absolute atomic E-state index is 0.134. The number of ether oxygens (including phenoxy) is 1. The third kappa shape index (κ3) is 3.42. The molecule has 29 heavy (non-hydrogen) atoms. The molecule has 4 rings (SSSR count). The van der Waals surface area contributed by atoms with Crippen molar-refractivity contribution in [3.05, 3.63) is 65.0 Å². The first kappa shape index (κ1) is 18.9. The highest BCUT2D eigenvalue weighted by Gasteiger charge is 2.49. The number of benzene rings is 2. The second-order valence-electron chi connectivity index (χ2n) is 6.70. The zero-order valence-corrected chi connectivity index (χ0v) is 16.4. The van der Waals surface area contributed by atoms with E-state index in [4.69, 9.17) is 20.9 Å². The molecular formula is C20H17ClN4O4. The summed E-state index contributed by atoms with van der Waals surface area (Å²) in [6, 6.07) is 13.4. The quantitative estimate of drug-likeness (QED) is 0.645. The van der Waals surface area contributed by atoms with Crippen LogP contribution < -0.4 is 10.1 Å².